The Kier molecular flexibility index (Phi) is 3.71. The summed E-state index contributed by atoms with van der Waals surface area (Å²) in [7, 11) is 0. The van der Waals surface area contributed by atoms with Gasteiger partial charge >= 0.3 is 29.9 Å². The molecule has 0 N–H and O–H groups in total. The van der Waals surface area contributed by atoms with Crippen molar-refractivity contribution in [3.63, 3.8) is 0 Å². The first-order chi connectivity index (χ1) is 7.56. The zero-order valence-electron chi connectivity index (χ0n) is 7.57. The number of alkyl halides is 11. The molecule has 0 aromatic heterocycles. The number of rotatable bonds is 4. The van der Waals surface area contributed by atoms with Crippen LogP contribution in [-0.2, 0) is 4.79 Å². The van der Waals surface area contributed by atoms with Crippen molar-refractivity contribution in [2.24, 2.45) is 0 Å². The second kappa shape index (κ2) is 3.95. The van der Waals surface area contributed by atoms with E-state index < -0.39 is 36.2 Å². The molecular formula is C6F11O. The van der Waals surface area contributed by atoms with Crippen LogP contribution in [0.1, 0.15) is 0 Å². The molecule has 0 unspecified atom stereocenters. The number of hydrogen-bond donors (Lipinski definition) is 0. The third-order valence-electron chi connectivity index (χ3n) is 1.67. The molecule has 0 aliphatic heterocycles. The maximum Gasteiger partial charge on any atom is 0.460 e. The minimum absolute atomic E-state index is 1.00. The normalized spacial score (nSPS) is 15.7. The summed E-state index contributed by atoms with van der Waals surface area (Å²) in [6, 6.07) is 0. The van der Waals surface area contributed by atoms with Gasteiger partial charge in [-0.2, -0.15) is 48.3 Å². The van der Waals surface area contributed by atoms with Gasteiger partial charge in [0.05, 0.1) is 0 Å². The van der Waals surface area contributed by atoms with Crippen LogP contribution in [0, 0.1) is 0 Å². The molecule has 0 fully saturated rings. The topological polar surface area (TPSA) is 17.1 Å². The molecule has 12 heteroatoms. The van der Waals surface area contributed by atoms with Crippen LogP contribution in [0.3, 0.4) is 0 Å². The fraction of sp³-hybridized carbons (Fsp3) is 0.833. The van der Waals surface area contributed by atoms with E-state index >= 15 is 0 Å². The summed E-state index contributed by atoms with van der Waals surface area (Å²) in [4.78, 5) is 9.28. The lowest BCUT2D eigenvalue weighted by Crippen LogP contribution is -2.66. The molecule has 1 radical (unpaired) electrons. The van der Waals surface area contributed by atoms with E-state index in [0.717, 1.165) is 0 Å². The Morgan fingerprint density at radius 1 is 0.556 bits per heavy atom. The van der Waals surface area contributed by atoms with Gasteiger partial charge in [0.25, 0.3) is 6.29 Å². The average molecular weight is 297 g/mol. The Bertz CT molecular complexity index is 327. The van der Waals surface area contributed by atoms with Crippen molar-refractivity contribution in [3.8, 4) is 0 Å². The van der Waals surface area contributed by atoms with Gasteiger partial charge in [0, 0.05) is 0 Å². The molecule has 0 spiro atoms. The van der Waals surface area contributed by atoms with Crippen LogP contribution in [-0.4, -0.2) is 36.2 Å². The van der Waals surface area contributed by atoms with Crippen molar-refractivity contribution < 1.29 is 53.1 Å². The zero-order valence-corrected chi connectivity index (χ0v) is 7.57. The molecule has 0 aromatic rings. The van der Waals surface area contributed by atoms with Crippen LogP contribution in [0.2, 0.25) is 0 Å². The van der Waals surface area contributed by atoms with Gasteiger partial charge in [-0.15, -0.1) is 0 Å². The lowest BCUT2D eigenvalue weighted by molar-refractivity contribution is -0.414. The Morgan fingerprint density at radius 3 is 1.11 bits per heavy atom. The first-order valence-electron chi connectivity index (χ1n) is 3.53. The largest absolute Gasteiger partial charge is 0.460 e. The predicted octanol–water partition coefficient (Wildman–Crippen LogP) is 3.20. The van der Waals surface area contributed by atoms with Gasteiger partial charge in [0.2, 0.25) is 0 Å². The molecule has 0 aliphatic rings. The summed E-state index contributed by atoms with van der Waals surface area (Å²) >= 11 is 0. The highest BCUT2D eigenvalue weighted by atomic mass is 19.4. The van der Waals surface area contributed by atoms with E-state index in [1.807, 2.05) is 0 Å². The quantitative estimate of drug-likeness (QED) is 0.728. The van der Waals surface area contributed by atoms with Crippen LogP contribution < -0.4 is 0 Å². The second-order valence-electron chi connectivity index (χ2n) is 2.90. The summed E-state index contributed by atoms with van der Waals surface area (Å²) in [6.07, 6.45) is -8.23. The van der Waals surface area contributed by atoms with E-state index in [4.69, 9.17) is 0 Å². The molecule has 0 rings (SSSR count). The van der Waals surface area contributed by atoms with Crippen molar-refractivity contribution >= 4 is 6.29 Å². The molecular weight excluding hydrogens is 297 g/mol. The van der Waals surface area contributed by atoms with Gasteiger partial charge in [-0.1, -0.05) is 0 Å². The lowest BCUT2D eigenvalue weighted by Gasteiger charge is -2.35. The molecule has 0 bridgehead atoms. The molecule has 18 heavy (non-hydrogen) atoms. The monoisotopic (exact) mass is 297 g/mol. The van der Waals surface area contributed by atoms with Crippen LogP contribution in [0.15, 0.2) is 0 Å². The molecule has 0 aromatic carbocycles. The third-order valence-corrected chi connectivity index (χ3v) is 1.67. The first kappa shape index (κ1) is 16.9. The highest BCUT2D eigenvalue weighted by Crippen LogP contribution is 2.56. The molecule has 0 aliphatic carbocycles. The average Bonchev–Trinajstić information content (AvgIpc) is 2.15. The Hall–Kier alpha value is -1.10. The predicted molar refractivity (Wildman–Crippen MR) is 31.5 cm³/mol. The van der Waals surface area contributed by atoms with E-state index in [0.29, 0.717) is 0 Å². The number of carbonyl (C=O) groups excluding carboxylic acids is 1. The van der Waals surface area contributed by atoms with E-state index in [1.54, 1.807) is 0 Å². The van der Waals surface area contributed by atoms with Crippen molar-refractivity contribution in [1.82, 2.24) is 0 Å². The van der Waals surface area contributed by atoms with Crippen molar-refractivity contribution in [1.29, 1.82) is 0 Å². The molecule has 1 nitrogen and oxygen atoms in total. The summed E-state index contributed by atoms with van der Waals surface area (Å²) < 4.78 is 132. The number of hydrogen-bond acceptors (Lipinski definition) is 1. The summed E-state index contributed by atoms with van der Waals surface area (Å²) in [5.74, 6) is -28.8. The van der Waals surface area contributed by atoms with E-state index in [2.05, 4.69) is 0 Å². The molecule has 0 saturated carbocycles. The maximum atomic E-state index is 12.3. The lowest BCUT2D eigenvalue weighted by atomic mass is 9.99. The van der Waals surface area contributed by atoms with Gasteiger partial charge in [-0.25, -0.2) is 0 Å². The zero-order chi connectivity index (χ0) is 15.2. The standard InChI is InChI=1S/C6F11O/c7-2(8,1-18)3(9,10)4(11,12)5(13,14)6(15,16)17. The Labute approximate surface area is 90.5 Å². The van der Waals surface area contributed by atoms with Gasteiger partial charge < -0.3 is 0 Å². The van der Waals surface area contributed by atoms with E-state index in [9.17, 15) is 53.1 Å². The molecule has 0 amide bonds. The fourth-order valence-electron chi connectivity index (χ4n) is 0.636. The number of halogens is 11. The van der Waals surface area contributed by atoms with E-state index in [-0.39, 0.29) is 0 Å². The minimum Gasteiger partial charge on any atom is -0.283 e. The van der Waals surface area contributed by atoms with Crippen molar-refractivity contribution in [2.45, 2.75) is 29.9 Å². The minimum atomic E-state index is -7.54. The van der Waals surface area contributed by atoms with Crippen LogP contribution in [0.4, 0.5) is 48.3 Å². The fourth-order valence-corrected chi connectivity index (χ4v) is 0.636. The summed E-state index contributed by atoms with van der Waals surface area (Å²) in [6.45, 7) is 0. The third kappa shape index (κ3) is 2.00. The summed E-state index contributed by atoms with van der Waals surface area (Å²) in [5, 5.41) is 0. The van der Waals surface area contributed by atoms with Crippen LogP contribution in [0.5, 0.6) is 0 Å². The smallest absolute Gasteiger partial charge is 0.283 e. The van der Waals surface area contributed by atoms with Crippen LogP contribution >= 0.6 is 0 Å². The first-order valence-corrected chi connectivity index (χ1v) is 3.53. The SMILES string of the molecule is O=[C]C(F)(F)C(F)(F)C(F)(F)C(F)(F)C(F)(F)F. The van der Waals surface area contributed by atoms with Gasteiger partial charge in [0.1, 0.15) is 0 Å². The highest BCUT2D eigenvalue weighted by molar-refractivity contribution is 5.63. The van der Waals surface area contributed by atoms with Crippen LogP contribution in [0.25, 0.3) is 0 Å². The summed E-state index contributed by atoms with van der Waals surface area (Å²) in [5.41, 5.74) is 0. The van der Waals surface area contributed by atoms with E-state index in [1.165, 1.54) is 0 Å². The van der Waals surface area contributed by atoms with Gasteiger partial charge in [-0.05, 0) is 0 Å². The molecule has 0 atom stereocenters. The van der Waals surface area contributed by atoms with Gasteiger partial charge in [0.15, 0.2) is 0 Å². The van der Waals surface area contributed by atoms with Crippen molar-refractivity contribution in [2.75, 3.05) is 0 Å². The Morgan fingerprint density at radius 2 is 0.889 bits per heavy atom. The maximum absolute atomic E-state index is 12.3. The molecule has 0 saturated heterocycles. The molecule has 107 valence electrons. The Balaban J connectivity index is 5.87. The van der Waals surface area contributed by atoms with Gasteiger partial charge in [-0.3, -0.25) is 4.79 Å². The second-order valence-corrected chi connectivity index (χ2v) is 2.90. The molecule has 0 heterocycles. The van der Waals surface area contributed by atoms with Crippen molar-refractivity contribution in [3.05, 3.63) is 0 Å². The highest BCUT2D eigenvalue weighted by Gasteiger charge is 2.87.